The minimum atomic E-state index is -0.909. The standard InChI is InChI=1S/C19H20F2N2O2S/c20-17-6-5-16(11-18(17)21)26-13-19(24)22-15-3-1-14(2-4-15)12-23-7-9-25-10-8-23/h1-6,11H,7-10,12-13H2,(H,22,24)/p+1. The third kappa shape index (κ3) is 5.52. The summed E-state index contributed by atoms with van der Waals surface area (Å²) in [6.07, 6.45) is 0. The summed E-state index contributed by atoms with van der Waals surface area (Å²) in [4.78, 5) is 14.0. The lowest BCUT2D eigenvalue weighted by Gasteiger charge is -2.23. The Morgan fingerprint density at radius 2 is 1.81 bits per heavy atom. The van der Waals surface area contributed by atoms with Crippen LogP contribution >= 0.6 is 11.8 Å². The van der Waals surface area contributed by atoms with Crippen LogP contribution in [0.4, 0.5) is 14.5 Å². The number of morpholine rings is 1. The molecule has 0 saturated carbocycles. The van der Waals surface area contributed by atoms with Crippen molar-refractivity contribution in [2.24, 2.45) is 0 Å². The number of rotatable bonds is 6. The van der Waals surface area contributed by atoms with E-state index in [9.17, 15) is 13.6 Å². The van der Waals surface area contributed by atoms with Gasteiger partial charge in [-0.25, -0.2) is 8.78 Å². The molecule has 1 aliphatic rings. The summed E-state index contributed by atoms with van der Waals surface area (Å²) < 4.78 is 31.4. The average Bonchev–Trinajstić information content (AvgIpc) is 2.65. The van der Waals surface area contributed by atoms with Gasteiger partial charge in [-0.1, -0.05) is 12.1 Å². The van der Waals surface area contributed by atoms with Crippen molar-refractivity contribution in [3.8, 4) is 0 Å². The van der Waals surface area contributed by atoms with Gasteiger partial charge < -0.3 is 15.0 Å². The molecule has 1 amide bonds. The normalized spacial score (nSPS) is 15.0. The minimum Gasteiger partial charge on any atom is -0.370 e. The molecule has 0 aromatic heterocycles. The van der Waals surface area contributed by atoms with Gasteiger partial charge in [-0.3, -0.25) is 4.79 Å². The maximum Gasteiger partial charge on any atom is 0.234 e. The van der Waals surface area contributed by atoms with Crippen molar-refractivity contribution in [1.82, 2.24) is 0 Å². The van der Waals surface area contributed by atoms with Gasteiger partial charge in [-0.2, -0.15) is 0 Å². The molecule has 26 heavy (non-hydrogen) atoms. The second-order valence-corrected chi connectivity index (χ2v) is 7.20. The van der Waals surface area contributed by atoms with Gasteiger partial charge in [0, 0.05) is 16.1 Å². The molecule has 2 N–H and O–H groups in total. The van der Waals surface area contributed by atoms with Crippen LogP contribution in [0.2, 0.25) is 0 Å². The third-order valence-electron chi connectivity index (χ3n) is 4.15. The molecule has 1 fully saturated rings. The molecule has 0 unspecified atom stereocenters. The van der Waals surface area contributed by atoms with Gasteiger partial charge in [0.25, 0.3) is 0 Å². The molecule has 1 aliphatic heterocycles. The predicted molar refractivity (Wildman–Crippen MR) is 97.4 cm³/mol. The number of benzene rings is 2. The molecule has 138 valence electrons. The van der Waals surface area contributed by atoms with E-state index >= 15 is 0 Å². The summed E-state index contributed by atoms with van der Waals surface area (Å²) in [7, 11) is 0. The summed E-state index contributed by atoms with van der Waals surface area (Å²) >= 11 is 1.16. The van der Waals surface area contributed by atoms with E-state index in [0.29, 0.717) is 4.90 Å². The summed E-state index contributed by atoms with van der Waals surface area (Å²) in [5, 5.41) is 2.81. The first-order valence-electron chi connectivity index (χ1n) is 8.48. The Morgan fingerprint density at radius 3 is 2.50 bits per heavy atom. The summed E-state index contributed by atoms with van der Waals surface area (Å²) in [5.41, 5.74) is 1.94. The van der Waals surface area contributed by atoms with E-state index in [2.05, 4.69) is 5.32 Å². The highest BCUT2D eigenvalue weighted by atomic mass is 32.2. The number of hydrogen-bond acceptors (Lipinski definition) is 3. The Morgan fingerprint density at radius 1 is 1.08 bits per heavy atom. The van der Waals surface area contributed by atoms with Crippen LogP contribution in [0.15, 0.2) is 47.4 Å². The Hall–Kier alpha value is -1.96. The van der Waals surface area contributed by atoms with Crippen molar-refractivity contribution in [2.45, 2.75) is 11.4 Å². The third-order valence-corrected chi connectivity index (χ3v) is 5.15. The zero-order valence-electron chi connectivity index (χ0n) is 14.3. The zero-order valence-corrected chi connectivity index (χ0v) is 15.1. The maximum absolute atomic E-state index is 13.2. The van der Waals surface area contributed by atoms with Crippen LogP contribution in [0.5, 0.6) is 0 Å². The molecule has 0 atom stereocenters. The van der Waals surface area contributed by atoms with E-state index in [1.807, 2.05) is 24.3 Å². The molecule has 0 spiro atoms. The van der Waals surface area contributed by atoms with Crippen molar-refractivity contribution in [1.29, 1.82) is 0 Å². The largest absolute Gasteiger partial charge is 0.370 e. The highest BCUT2D eigenvalue weighted by molar-refractivity contribution is 8.00. The van der Waals surface area contributed by atoms with Crippen LogP contribution in [0, 0.1) is 11.6 Å². The van der Waals surface area contributed by atoms with E-state index in [4.69, 9.17) is 4.74 Å². The SMILES string of the molecule is O=C(CSc1ccc(F)c(F)c1)Nc1ccc(C[NH+]2CCOCC2)cc1. The number of hydrogen-bond donors (Lipinski definition) is 2. The van der Waals surface area contributed by atoms with E-state index < -0.39 is 11.6 Å². The van der Waals surface area contributed by atoms with E-state index in [0.717, 1.165) is 62.4 Å². The summed E-state index contributed by atoms with van der Waals surface area (Å²) in [6.45, 7) is 4.58. The molecule has 7 heteroatoms. The zero-order chi connectivity index (χ0) is 18.4. The lowest BCUT2D eigenvalue weighted by Crippen LogP contribution is -3.12. The van der Waals surface area contributed by atoms with Crippen LogP contribution < -0.4 is 10.2 Å². The molecule has 0 bridgehead atoms. The Balaban J connectivity index is 1.47. The number of thioether (sulfide) groups is 1. The number of carbonyl (C=O) groups excluding carboxylic acids is 1. The molecule has 0 aliphatic carbocycles. The smallest absolute Gasteiger partial charge is 0.234 e. The van der Waals surface area contributed by atoms with Gasteiger partial charge in [0.15, 0.2) is 11.6 Å². The van der Waals surface area contributed by atoms with E-state index in [1.165, 1.54) is 16.5 Å². The number of ether oxygens (including phenoxy) is 1. The molecule has 4 nitrogen and oxygen atoms in total. The fraction of sp³-hybridized carbons (Fsp3) is 0.316. The maximum atomic E-state index is 13.2. The average molecular weight is 379 g/mol. The lowest BCUT2D eigenvalue weighted by molar-refractivity contribution is -0.921. The summed E-state index contributed by atoms with van der Waals surface area (Å²) in [5.74, 6) is -1.86. The monoisotopic (exact) mass is 379 g/mol. The second-order valence-electron chi connectivity index (χ2n) is 6.15. The quantitative estimate of drug-likeness (QED) is 0.756. The Bertz CT molecular complexity index is 750. The fourth-order valence-corrected chi connectivity index (χ4v) is 3.47. The van der Waals surface area contributed by atoms with Crippen LogP contribution in [0.1, 0.15) is 5.56 Å². The molecule has 3 rings (SSSR count). The van der Waals surface area contributed by atoms with Gasteiger partial charge in [-0.05, 0) is 30.3 Å². The number of nitrogens with one attached hydrogen (secondary N) is 2. The number of carbonyl (C=O) groups is 1. The summed E-state index contributed by atoms with van der Waals surface area (Å²) in [6, 6.07) is 11.4. The lowest BCUT2D eigenvalue weighted by atomic mass is 10.2. The predicted octanol–water partition coefficient (Wildman–Crippen LogP) is 2.11. The highest BCUT2D eigenvalue weighted by Gasteiger charge is 2.14. The van der Waals surface area contributed by atoms with Crippen molar-refractivity contribution >= 4 is 23.4 Å². The van der Waals surface area contributed by atoms with Crippen LogP contribution in [-0.4, -0.2) is 38.0 Å². The number of anilines is 1. The van der Waals surface area contributed by atoms with Gasteiger partial charge >= 0.3 is 0 Å². The Labute approximate surface area is 155 Å². The van der Waals surface area contributed by atoms with Crippen molar-refractivity contribution in [3.05, 3.63) is 59.7 Å². The number of amides is 1. The van der Waals surface area contributed by atoms with Crippen LogP contribution in [0.25, 0.3) is 0 Å². The minimum absolute atomic E-state index is 0.130. The molecule has 1 heterocycles. The van der Waals surface area contributed by atoms with Crippen molar-refractivity contribution in [2.75, 3.05) is 37.4 Å². The fourth-order valence-electron chi connectivity index (χ4n) is 2.74. The Kier molecular flexibility index (Phi) is 6.60. The molecule has 0 radical (unpaired) electrons. The van der Waals surface area contributed by atoms with E-state index in [-0.39, 0.29) is 11.7 Å². The molecule has 2 aromatic carbocycles. The first-order chi connectivity index (χ1) is 12.6. The van der Waals surface area contributed by atoms with Gasteiger partial charge in [0.1, 0.15) is 19.6 Å². The second kappa shape index (κ2) is 9.12. The van der Waals surface area contributed by atoms with Crippen molar-refractivity contribution in [3.63, 3.8) is 0 Å². The van der Waals surface area contributed by atoms with Crippen LogP contribution in [-0.2, 0) is 16.1 Å². The van der Waals surface area contributed by atoms with Gasteiger partial charge in [0.2, 0.25) is 5.91 Å². The van der Waals surface area contributed by atoms with Gasteiger partial charge in [0.05, 0.1) is 19.0 Å². The first-order valence-corrected chi connectivity index (χ1v) is 9.47. The van der Waals surface area contributed by atoms with Gasteiger partial charge in [-0.15, -0.1) is 11.8 Å². The molecule has 1 saturated heterocycles. The van der Waals surface area contributed by atoms with Crippen molar-refractivity contribution < 1.29 is 23.2 Å². The number of quaternary nitrogens is 1. The molecular weight excluding hydrogens is 358 g/mol. The molecule has 2 aromatic rings. The van der Waals surface area contributed by atoms with E-state index in [1.54, 1.807) is 0 Å². The number of halogens is 2. The highest BCUT2D eigenvalue weighted by Crippen LogP contribution is 2.20. The topological polar surface area (TPSA) is 42.8 Å². The molecular formula is C19H21F2N2O2S+. The first kappa shape index (κ1) is 18.8. The van der Waals surface area contributed by atoms with Crippen LogP contribution in [0.3, 0.4) is 0 Å².